The van der Waals surface area contributed by atoms with Gasteiger partial charge < -0.3 is 13.7 Å². The fourth-order valence-corrected chi connectivity index (χ4v) is 5.40. The largest absolute Gasteiger partial charge is 0.516 e. The van der Waals surface area contributed by atoms with Gasteiger partial charge in [-0.3, -0.25) is 4.72 Å². The van der Waals surface area contributed by atoms with Crippen LogP contribution in [-0.4, -0.2) is 36.1 Å². The van der Waals surface area contributed by atoms with Crippen molar-refractivity contribution in [1.82, 2.24) is 9.55 Å². The first-order valence-electron chi connectivity index (χ1n) is 12.0. The number of para-hydroxylation sites is 1. The van der Waals surface area contributed by atoms with Crippen molar-refractivity contribution in [3.63, 3.8) is 0 Å². The van der Waals surface area contributed by atoms with E-state index in [2.05, 4.69) is 20.9 Å². The molecule has 1 N–H and O–H groups in total. The zero-order valence-corrected chi connectivity index (χ0v) is 23.6. The third-order valence-electron chi connectivity index (χ3n) is 5.92. The molecule has 0 aliphatic rings. The number of alkyl halides is 3. The van der Waals surface area contributed by atoms with Gasteiger partial charge in [0.25, 0.3) is 0 Å². The van der Waals surface area contributed by atoms with Crippen LogP contribution < -0.4 is 4.72 Å². The van der Waals surface area contributed by atoms with E-state index in [0.717, 1.165) is 17.8 Å². The van der Waals surface area contributed by atoms with Crippen LogP contribution in [0, 0.1) is 6.92 Å². The summed E-state index contributed by atoms with van der Waals surface area (Å²) in [6, 6.07) is 11.0. The second-order valence-electron chi connectivity index (χ2n) is 8.69. The number of aromatic nitrogens is 2. The number of carbonyl (C=O) groups excluding carboxylic acids is 1. The molecule has 0 fully saturated rings. The van der Waals surface area contributed by atoms with Gasteiger partial charge in [0, 0.05) is 23.9 Å². The SMILES string of the molecule is CCCc1nc(C)c(C(=O)OCC)n1Cc1ccc2oc(-c3ccccc3NS(=O)(=O)C(F)(F)F)c(Br)c2c1. The second kappa shape index (κ2) is 11.0. The molecule has 0 aliphatic heterocycles. The summed E-state index contributed by atoms with van der Waals surface area (Å²) in [5.74, 6) is 0.437. The molecule has 2 aromatic heterocycles. The number of anilines is 1. The number of hydrogen-bond donors (Lipinski definition) is 1. The van der Waals surface area contributed by atoms with Crippen molar-refractivity contribution in [3.8, 4) is 11.3 Å². The molecule has 13 heteroatoms. The molecule has 4 rings (SSSR count). The average molecular weight is 628 g/mol. The standard InChI is InChI=1S/C26H25BrF3N3O5S/c1-4-8-21-31-15(3)23(25(34)37-5-2)33(21)14-16-11-12-20-18(13-16)22(27)24(38-20)17-9-6-7-10-19(17)32-39(35,36)26(28,29)30/h6-7,9-13,32H,4-5,8,14H2,1-3H3. The van der Waals surface area contributed by atoms with Gasteiger partial charge in [0.2, 0.25) is 0 Å². The highest BCUT2D eigenvalue weighted by Gasteiger charge is 2.46. The maximum Gasteiger partial charge on any atom is 0.516 e. The summed E-state index contributed by atoms with van der Waals surface area (Å²) in [5.41, 5.74) is -3.47. The van der Waals surface area contributed by atoms with Crippen LogP contribution in [0.25, 0.3) is 22.3 Å². The monoisotopic (exact) mass is 627 g/mol. The van der Waals surface area contributed by atoms with Crippen molar-refractivity contribution in [2.75, 3.05) is 11.3 Å². The number of furan rings is 1. The Morgan fingerprint density at radius 3 is 2.56 bits per heavy atom. The number of nitrogens with one attached hydrogen (secondary N) is 1. The van der Waals surface area contributed by atoms with E-state index in [9.17, 15) is 26.4 Å². The minimum atomic E-state index is -5.64. The summed E-state index contributed by atoms with van der Waals surface area (Å²) in [6.07, 6.45) is 1.48. The molecular formula is C26H25BrF3N3O5S. The highest BCUT2D eigenvalue weighted by molar-refractivity contribution is 9.10. The molecule has 4 aromatic rings. The van der Waals surface area contributed by atoms with Crippen molar-refractivity contribution in [3.05, 3.63) is 69.7 Å². The van der Waals surface area contributed by atoms with Crippen molar-refractivity contribution in [2.24, 2.45) is 0 Å². The summed E-state index contributed by atoms with van der Waals surface area (Å²) in [5, 5.41) is 0.613. The highest BCUT2D eigenvalue weighted by atomic mass is 79.9. The van der Waals surface area contributed by atoms with Crippen LogP contribution in [0.5, 0.6) is 0 Å². The first-order chi connectivity index (χ1) is 18.4. The van der Waals surface area contributed by atoms with Gasteiger partial charge in [-0.25, -0.2) is 9.78 Å². The van der Waals surface area contributed by atoms with Gasteiger partial charge in [-0.1, -0.05) is 25.1 Å². The molecule has 39 heavy (non-hydrogen) atoms. The molecule has 8 nitrogen and oxygen atoms in total. The zero-order chi connectivity index (χ0) is 28.5. The maximum absolute atomic E-state index is 13.0. The van der Waals surface area contributed by atoms with E-state index in [4.69, 9.17) is 9.15 Å². The number of esters is 1. The van der Waals surface area contributed by atoms with Crippen LogP contribution in [0.1, 0.15) is 47.8 Å². The maximum atomic E-state index is 13.0. The molecular weight excluding hydrogens is 603 g/mol. The zero-order valence-electron chi connectivity index (χ0n) is 21.2. The Bertz CT molecular complexity index is 1640. The van der Waals surface area contributed by atoms with Crippen LogP contribution in [-0.2, 0) is 27.7 Å². The molecule has 0 atom stereocenters. The lowest BCUT2D eigenvalue weighted by Gasteiger charge is -2.13. The lowest BCUT2D eigenvalue weighted by atomic mass is 10.1. The van der Waals surface area contributed by atoms with E-state index in [-0.39, 0.29) is 23.6 Å². The Labute approximate surface area is 231 Å². The van der Waals surface area contributed by atoms with E-state index in [0.29, 0.717) is 39.8 Å². The van der Waals surface area contributed by atoms with Crippen LogP contribution >= 0.6 is 15.9 Å². The smallest absolute Gasteiger partial charge is 0.461 e. The van der Waals surface area contributed by atoms with E-state index in [1.165, 1.54) is 18.2 Å². The molecule has 0 saturated carbocycles. The summed E-state index contributed by atoms with van der Waals surface area (Å²) in [4.78, 5) is 17.3. The van der Waals surface area contributed by atoms with Gasteiger partial charge in [-0.05, 0) is 66.0 Å². The molecule has 0 saturated heterocycles. The molecule has 2 aromatic carbocycles. The predicted octanol–water partition coefficient (Wildman–Crippen LogP) is 6.81. The number of aryl methyl sites for hydroxylation is 2. The molecule has 208 valence electrons. The number of rotatable bonds is 9. The summed E-state index contributed by atoms with van der Waals surface area (Å²) >= 11 is 3.48. The number of hydrogen-bond acceptors (Lipinski definition) is 6. The number of imidazole rings is 1. The first-order valence-corrected chi connectivity index (χ1v) is 14.3. The highest BCUT2D eigenvalue weighted by Crippen LogP contribution is 2.42. The van der Waals surface area contributed by atoms with Crippen molar-refractivity contribution in [2.45, 2.75) is 45.7 Å². The Balaban J connectivity index is 1.76. The van der Waals surface area contributed by atoms with Crippen molar-refractivity contribution >= 4 is 48.6 Å². The van der Waals surface area contributed by atoms with Crippen LogP contribution in [0.4, 0.5) is 18.9 Å². The van der Waals surface area contributed by atoms with E-state index < -0.39 is 21.5 Å². The Morgan fingerprint density at radius 1 is 1.18 bits per heavy atom. The number of benzene rings is 2. The van der Waals surface area contributed by atoms with Crippen molar-refractivity contribution in [1.29, 1.82) is 0 Å². The van der Waals surface area contributed by atoms with Crippen LogP contribution in [0.2, 0.25) is 0 Å². The fourth-order valence-electron chi connectivity index (χ4n) is 4.22. The molecule has 0 aliphatic carbocycles. The summed E-state index contributed by atoms with van der Waals surface area (Å²) < 4.78 is 77.6. The summed E-state index contributed by atoms with van der Waals surface area (Å²) in [6.45, 7) is 6.05. The van der Waals surface area contributed by atoms with Gasteiger partial charge in [-0.15, -0.1) is 0 Å². The van der Waals surface area contributed by atoms with E-state index in [1.54, 1.807) is 36.8 Å². The number of carbonyl (C=O) groups is 1. The number of fused-ring (bicyclic) bond motifs is 1. The summed E-state index contributed by atoms with van der Waals surface area (Å²) in [7, 11) is -5.64. The molecule has 0 unspecified atom stereocenters. The third kappa shape index (κ3) is 5.69. The van der Waals surface area contributed by atoms with Crippen molar-refractivity contribution < 1.29 is 35.5 Å². The second-order valence-corrected chi connectivity index (χ2v) is 11.2. The van der Waals surface area contributed by atoms with E-state index in [1.807, 2.05) is 17.6 Å². The van der Waals surface area contributed by atoms with Gasteiger partial charge >= 0.3 is 21.5 Å². The molecule has 0 bridgehead atoms. The predicted molar refractivity (Wildman–Crippen MR) is 144 cm³/mol. The minimum absolute atomic E-state index is 0.120. The minimum Gasteiger partial charge on any atom is -0.461 e. The normalized spacial score (nSPS) is 12.2. The molecule has 0 amide bonds. The third-order valence-corrected chi connectivity index (χ3v) is 7.80. The Hall–Kier alpha value is -3.32. The molecule has 0 radical (unpaired) electrons. The number of sulfonamides is 1. The first kappa shape index (κ1) is 28.7. The lowest BCUT2D eigenvalue weighted by Crippen LogP contribution is -2.30. The Kier molecular flexibility index (Phi) is 8.12. The molecule has 0 spiro atoms. The molecule has 2 heterocycles. The number of ether oxygens (including phenoxy) is 1. The van der Waals surface area contributed by atoms with Crippen LogP contribution in [0.15, 0.2) is 51.4 Å². The lowest BCUT2D eigenvalue weighted by molar-refractivity contribution is -0.0429. The van der Waals surface area contributed by atoms with Gasteiger partial charge in [0.15, 0.2) is 11.5 Å². The van der Waals surface area contributed by atoms with E-state index >= 15 is 0 Å². The van der Waals surface area contributed by atoms with Gasteiger partial charge in [-0.2, -0.15) is 21.6 Å². The van der Waals surface area contributed by atoms with Crippen LogP contribution in [0.3, 0.4) is 0 Å². The Morgan fingerprint density at radius 2 is 1.90 bits per heavy atom. The fraction of sp³-hybridized carbons (Fsp3) is 0.308. The average Bonchev–Trinajstić information content (AvgIpc) is 3.34. The topological polar surface area (TPSA) is 103 Å². The van der Waals surface area contributed by atoms with Gasteiger partial charge in [0.05, 0.1) is 22.5 Å². The van der Waals surface area contributed by atoms with Gasteiger partial charge in [0.1, 0.15) is 11.4 Å². The number of nitrogens with zero attached hydrogens (tertiary/aromatic N) is 2. The number of halogens is 4. The quantitative estimate of drug-likeness (QED) is 0.205.